The summed E-state index contributed by atoms with van der Waals surface area (Å²) in [6.45, 7) is 11.2. The number of esters is 2. The summed E-state index contributed by atoms with van der Waals surface area (Å²) >= 11 is 0. The van der Waals surface area contributed by atoms with E-state index in [0.717, 1.165) is 12.5 Å². The molecule has 0 N–H and O–H groups in total. The van der Waals surface area contributed by atoms with Crippen LogP contribution in [0, 0.1) is 0 Å². The van der Waals surface area contributed by atoms with E-state index in [1.54, 1.807) is 0 Å². The lowest BCUT2D eigenvalue weighted by Crippen LogP contribution is -2.20. The van der Waals surface area contributed by atoms with E-state index in [9.17, 15) is 32.8 Å². The summed E-state index contributed by atoms with van der Waals surface area (Å²) < 4.78 is 33.0. The Kier molecular flexibility index (Phi) is 18.3. The third kappa shape index (κ3) is 17.4. The van der Waals surface area contributed by atoms with E-state index < -0.39 is 11.7 Å². The Bertz CT molecular complexity index is 1300. The zero-order chi connectivity index (χ0) is 33.9. The van der Waals surface area contributed by atoms with Crippen molar-refractivity contribution in [2.45, 2.75) is 73.8 Å². The van der Waals surface area contributed by atoms with Crippen molar-refractivity contribution in [1.82, 2.24) is 0 Å². The highest BCUT2D eigenvalue weighted by molar-refractivity contribution is 5.82. The van der Waals surface area contributed by atoms with Crippen molar-refractivity contribution in [3.8, 4) is 11.1 Å². The molecule has 0 heterocycles. The lowest BCUT2D eigenvalue weighted by Gasteiger charge is -2.12. The average molecular weight is 613 g/mol. The van der Waals surface area contributed by atoms with Crippen LogP contribution in [-0.2, 0) is 40.1 Å². The topological polar surface area (TPSA) is 104 Å². The molecule has 0 aliphatic heterocycles. The van der Waals surface area contributed by atoms with E-state index in [2.05, 4.69) is 24.3 Å². The lowest BCUT2D eigenvalue weighted by molar-refractivity contribution is -0.142. The molecule has 0 atom stereocenters. The Morgan fingerprint density at radius 2 is 0.955 bits per heavy atom. The van der Waals surface area contributed by atoms with E-state index in [4.69, 9.17) is 9.47 Å². The highest BCUT2D eigenvalue weighted by Crippen LogP contribution is 2.44. The SMILES string of the molecule is CC(=O)C(C)(F)F.CC(=O)OCC1c2ccccc2-c2ccccc21.CC(=O)OCc1ccccc1.CC(C)=O.CC(C)=O. The molecule has 1 aliphatic carbocycles. The largest absolute Gasteiger partial charge is 0.465 e. The number of benzene rings is 3. The molecule has 7 nitrogen and oxygen atoms in total. The standard InChI is InChI=1S/C16H14O2.C9H10O2.C4H6F2O.2C3H6O/c1-11(17)18-10-16-14-8-4-2-6-12(14)13-7-3-5-9-15(13)16;1-8(10)11-7-9-5-3-2-4-6-9;1-3(7)4(2,5)6;2*1-3(2)4/h2-9,16H,10H2,1H3;2-6H,7H2,1H3;1-2H3;2*1-2H3. The Morgan fingerprint density at radius 3 is 1.30 bits per heavy atom. The molecule has 0 aromatic heterocycles. The van der Waals surface area contributed by atoms with E-state index >= 15 is 0 Å². The van der Waals surface area contributed by atoms with E-state index in [1.807, 2.05) is 54.6 Å². The first kappa shape index (κ1) is 39.5. The third-order valence-corrected chi connectivity index (χ3v) is 5.32. The summed E-state index contributed by atoms with van der Waals surface area (Å²) in [7, 11) is 0. The lowest BCUT2D eigenvalue weighted by atomic mass is 9.98. The van der Waals surface area contributed by atoms with Crippen LogP contribution in [0.5, 0.6) is 0 Å². The van der Waals surface area contributed by atoms with Crippen LogP contribution in [0.1, 0.15) is 78.0 Å². The molecule has 4 rings (SSSR count). The fourth-order valence-corrected chi connectivity index (χ4v) is 3.40. The molecule has 0 saturated carbocycles. The van der Waals surface area contributed by atoms with Gasteiger partial charge in [0.1, 0.15) is 24.8 Å². The number of hydrogen-bond donors (Lipinski definition) is 0. The van der Waals surface area contributed by atoms with Gasteiger partial charge in [-0.25, -0.2) is 0 Å². The molecule has 0 fully saturated rings. The molecule has 0 bridgehead atoms. The number of rotatable bonds is 5. The molecular weight excluding hydrogens is 570 g/mol. The van der Waals surface area contributed by atoms with Gasteiger partial charge in [0.25, 0.3) is 0 Å². The average Bonchev–Trinajstić information content (AvgIpc) is 3.24. The van der Waals surface area contributed by atoms with E-state index in [0.29, 0.717) is 20.1 Å². The number of carbonyl (C=O) groups is 5. The van der Waals surface area contributed by atoms with Crippen LogP contribution in [0.4, 0.5) is 8.78 Å². The second-order valence-corrected chi connectivity index (χ2v) is 10.1. The molecule has 0 unspecified atom stereocenters. The van der Waals surface area contributed by atoms with Gasteiger partial charge in [0.2, 0.25) is 0 Å². The van der Waals surface area contributed by atoms with Crippen LogP contribution in [0.25, 0.3) is 11.1 Å². The maximum Gasteiger partial charge on any atom is 0.302 e. The number of halogens is 2. The van der Waals surface area contributed by atoms with Gasteiger partial charge in [-0.15, -0.1) is 0 Å². The normalized spacial score (nSPS) is 10.6. The van der Waals surface area contributed by atoms with Crippen LogP contribution in [0.2, 0.25) is 0 Å². The third-order valence-electron chi connectivity index (χ3n) is 5.32. The zero-order valence-electron chi connectivity index (χ0n) is 26.6. The van der Waals surface area contributed by atoms with Gasteiger partial charge in [0, 0.05) is 33.6 Å². The Hall–Kier alpha value is -4.53. The minimum absolute atomic E-state index is 0.167. The number of carbonyl (C=O) groups excluding carboxylic acids is 5. The van der Waals surface area contributed by atoms with Gasteiger partial charge in [0.05, 0.1) is 0 Å². The second-order valence-electron chi connectivity index (χ2n) is 10.1. The van der Waals surface area contributed by atoms with Gasteiger partial charge >= 0.3 is 17.9 Å². The van der Waals surface area contributed by atoms with Crippen molar-refractivity contribution in [2.75, 3.05) is 6.61 Å². The molecule has 44 heavy (non-hydrogen) atoms. The van der Waals surface area contributed by atoms with Crippen LogP contribution in [-0.4, -0.2) is 41.8 Å². The molecule has 0 saturated heterocycles. The van der Waals surface area contributed by atoms with Crippen molar-refractivity contribution in [1.29, 1.82) is 0 Å². The first-order chi connectivity index (χ1) is 20.5. The summed E-state index contributed by atoms with van der Waals surface area (Å²) in [5.41, 5.74) is 6.03. The number of hydrogen-bond acceptors (Lipinski definition) is 7. The van der Waals surface area contributed by atoms with Crippen LogP contribution >= 0.6 is 0 Å². The smallest absolute Gasteiger partial charge is 0.302 e. The number of fused-ring (bicyclic) bond motifs is 3. The highest BCUT2D eigenvalue weighted by atomic mass is 19.3. The predicted molar refractivity (Wildman–Crippen MR) is 166 cm³/mol. The first-order valence-corrected chi connectivity index (χ1v) is 13.8. The molecule has 1 aliphatic rings. The Labute approximate surface area is 258 Å². The molecule has 0 amide bonds. The summed E-state index contributed by atoms with van der Waals surface area (Å²) in [6.07, 6.45) is 0. The van der Waals surface area contributed by atoms with E-state index in [1.165, 1.54) is 63.8 Å². The van der Waals surface area contributed by atoms with Crippen molar-refractivity contribution in [2.24, 2.45) is 0 Å². The minimum atomic E-state index is -3.14. The summed E-state index contributed by atoms with van der Waals surface area (Å²) in [5, 5.41) is 0. The van der Waals surface area contributed by atoms with Crippen molar-refractivity contribution < 1.29 is 42.2 Å². The van der Waals surface area contributed by atoms with Gasteiger partial charge in [-0.2, -0.15) is 8.78 Å². The highest BCUT2D eigenvalue weighted by Gasteiger charge is 2.28. The van der Waals surface area contributed by atoms with Crippen molar-refractivity contribution in [3.05, 3.63) is 95.6 Å². The van der Waals surface area contributed by atoms with Crippen LogP contribution in [0.15, 0.2) is 78.9 Å². The predicted octanol–water partition coefficient (Wildman–Crippen LogP) is 7.53. The van der Waals surface area contributed by atoms with Gasteiger partial charge in [-0.1, -0.05) is 78.9 Å². The zero-order valence-corrected chi connectivity index (χ0v) is 26.6. The van der Waals surface area contributed by atoms with Gasteiger partial charge in [0.15, 0.2) is 5.78 Å². The van der Waals surface area contributed by atoms with Gasteiger partial charge in [-0.3, -0.25) is 14.4 Å². The number of ether oxygens (including phenoxy) is 2. The maximum atomic E-state index is 11.5. The quantitative estimate of drug-likeness (QED) is 0.274. The van der Waals surface area contributed by atoms with Crippen molar-refractivity contribution >= 4 is 29.3 Å². The first-order valence-electron chi connectivity index (χ1n) is 13.8. The maximum absolute atomic E-state index is 11.5. The molecule has 3 aromatic carbocycles. The van der Waals surface area contributed by atoms with Crippen molar-refractivity contribution in [3.63, 3.8) is 0 Å². The van der Waals surface area contributed by atoms with E-state index in [-0.39, 0.29) is 29.4 Å². The summed E-state index contributed by atoms with van der Waals surface area (Å²) in [4.78, 5) is 50.0. The fraction of sp³-hybridized carbons (Fsp3) is 0.343. The van der Waals surface area contributed by atoms with Crippen LogP contribution in [0.3, 0.4) is 0 Å². The molecule has 9 heteroatoms. The molecular formula is C35H42F2O7. The Balaban J connectivity index is 0.000000608. The number of alkyl halides is 2. The summed E-state index contributed by atoms with van der Waals surface area (Å²) in [6, 6.07) is 26.2. The number of ketones is 3. The molecule has 0 radical (unpaired) electrons. The van der Waals surface area contributed by atoms with Crippen LogP contribution < -0.4 is 0 Å². The Morgan fingerprint density at radius 1 is 0.614 bits per heavy atom. The van der Waals surface area contributed by atoms with Gasteiger partial charge in [-0.05, 0) is 55.5 Å². The summed E-state index contributed by atoms with van der Waals surface area (Å²) in [5.74, 6) is -4.19. The molecule has 0 spiro atoms. The minimum Gasteiger partial charge on any atom is -0.465 e. The molecule has 3 aromatic rings. The second kappa shape index (κ2) is 20.4. The molecule has 238 valence electrons. The number of Topliss-reactive ketones (excluding diaryl/α,β-unsaturated/α-hetero) is 3. The van der Waals surface area contributed by atoms with Gasteiger partial charge < -0.3 is 19.1 Å². The monoisotopic (exact) mass is 612 g/mol. The fourth-order valence-electron chi connectivity index (χ4n) is 3.40.